The van der Waals surface area contributed by atoms with Crippen LogP contribution in [-0.4, -0.2) is 9.13 Å². The Morgan fingerprint density at radius 2 is 0.898 bits per heavy atom. The van der Waals surface area contributed by atoms with Gasteiger partial charge in [0.15, 0.2) is 0 Å². The molecule has 0 bridgehead atoms. The number of aromatic nitrogens is 2. The van der Waals surface area contributed by atoms with Crippen LogP contribution in [0.4, 0.5) is 0 Å². The maximum absolute atomic E-state index is 7.38. The predicted octanol–water partition coefficient (Wildman–Crippen LogP) is 15.6. The van der Waals surface area contributed by atoms with Crippen molar-refractivity contribution in [2.75, 3.05) is 0 Å². The van der Waals surface area contributed by atoms with Crippen molar-refractivity contribution < 1.29 is 4.42 Å². The number of para-hydroxylation sites is 2. The summed E-state index contributed by atoms with van der Waals surface area (Å²) in [4.78, 5) is 0. The van der Waals surface area contributed by atoms with Crippen LogP contribution >= 0.6 is 0 Å². The Morgan fingerprint density at radius 1 is 0.390 bits per heavy atom. The Morgan fingerprint density at radius 3 is 1.49 bits per heavy atom. The van der Waals surface area contributed by atoms with E-state index in [2.05, 4.69) is 204 Å². The molecule has 0 aliphatic carbocycles. The highest BCUT2D eigenvalue weighted by Crippen LogP contribution is 2.46. The number of rotatable bonds is 6. The highest BCUT2D eigenvalue weighted by atomic mass is 16.3. The summed E-state index contributed by atoms with van der Waals surface area (Å²) in [5.41, 5.74) is 15.2. The summed E-state index contributed by atoms with van der Waals surface area (Å²) in [6, 6.07) is 65.6. The Hall–Kier alpha value is -7.88. The molecule has 3 heteroatoms. The lowest BCUT2D eigenvalue weighted by Gasteiger charge is -2.11. The molecule has 3 nitrogen and oxygen atoms in total. The molecule has 0 fully saturated rings. The van der Waals surface area contributed by atoms with E-state index in [4.69, 9.17) is 4.42 Å². The molecule has 9 aromatic carbocycles. The number of nitrogens with zero attached hydrogens (tertiary/aromatic N) is 2. The lowest BCUT2D eigenvalue weighted by molar-refractivity contribution is 0.677. The van der Waals surface area contributed by atoms with Crippen LogP contribution in [0.2, 0.25) is 0 Å². The minimum atomic E-state index is 0.886. The van der Waals surface area contributed by atoms with Gasteiger partial charge in [0.05, 0.1) is 32.8 Å². The second-order valence-electron chi connectivity index (χ2n) is 15.3. The summed E-state index contributed by atoms with van der Waals surface area (Å²) >= 11 is 0. The first kappa shape index (κ1) is 33.3. The largest absolute Gasteiger partial charge is 0.455 e. The zero-order chi connectivity index (χ0) is 39.2. The van der Waals surface area contributed by atoms with E-state index in [1.807, 2.05) is 12.2 Å². The molecule has 12 aromatic rings. The Balaban J connectivity index is 1.20. The molecular formula is C56H36N2O. The van der Waals surface area contributed by atoms with E-state index in [9.17, 15) is 0 Å². The van der Waals surface area contributed by atoms with Crippen molar-refractivity contribution in [3.8, 4) is 33.6 Å². The van der Waals surface area contributed by atoms with Crippen LogP contribution < -0.4 is 0 Å². The van der Waals surface area contributed by atoms with Crippen LogP contribution in [0.1, 0.15) is 11.1 Å². The van der Waals surface area contributed by atoms with Crippen LogP contribution in [0.3, 0.4) is 0 Å². The van der Waals surface area contributed by atoms with Crippen molar-refractivity contribution in [3.63, 3.8) is 0 Å². The van der Waals surface area contributed by atoms with Crippen LogP contribution in [0.15, 0.2) is 200 Å². The fourth-order valence-electron chi connectivity index (χ4n) is 9.66. The summed E-state index contributed by atoms with van der Waals surface area (Å²) < 4.78 is 12.1. The van der Waals surface area contributed by atoms with Gasteiger partial charge in [0, 0.05) is 32.9 Å². The van der Waals surface area contributed by atoms with Crippen molar-refractivity contribution in [2.24, 2.45) is 0 Å². The number of fused-ring (bicyclic) bond motifs is 12. The third-order valence-corrected chi connectivity index (χ3v) is 12.3. The highest BCUT2D eigenvalue weighted by molar-refractivity contribution is 6.29. The third-order valence-electron chi connectivity index (χ3n) is 12.3. The molecule has 276 valence electrons. The molecule has 0 spiro atoms. The van der Waals surface area contributed by atoms with Gasteiger partial charge in [0.2, 0.25) is 0 Å². The van der Waals surface area contributed by atoms with Gasteiger partial charge in [-0.1, -0.05) is 135 Å². The van der Waals surface area contributed by atoms with Crippen LogP contribution in [0, 0.1) is 0 Å². The monoisotopic (exact) mass is 752 g/mol. The fraction of sp³-hybridized carbons (Fsp3) is 0. The standard InChI is InChI=1S/C56H36N2O/c1-3-35-16-13-23-43(41(35)4-2)37-25-29-49-47(33-37)53-51(57(49)39-18-7-5-8-19-39)31-27-45-46-28-32-52-54(56(46)59-55(45)53)48-34-38(44-24-14-17-36-15-11-12-22-42(36)44)26-30-50(48)58(52)40-20-9-6-10-21-40/h3-34H,1-2H2. The molecule has 0 aliphatic heterocycles. The average molecular weight is 753 g/mol. The van der Waals surface area contributed by atoms with E-state index < -0.39 is 0 Å². The van der Waals surface area contributed by atoms with Gasteiger partial charge in [-0.15, -0.1) is 0 Å². The Labute approximate surface area is 340 Å². The smallest absolute Gasteiger partial charge is 0.145 e. The number of hydrogen-bond donors (Lipinski definition) is 0. The highest BCUT2D eigenvalue weighted by Gasteiger charge is 2.23. The maximum Gasteiger partial charge on any atom is 0.145 e. The summed E-state index contributed by atoms with van der Waals surface area (Å²) in [6.07, 6.45) is 3.84. The van der Waals surface area contributed by atoms with Gasteiger partial charge in [0.1, 0.15) is 11.2 Å². The van der Waals surface area contributed by atoms with Gasteiger partial charge in [0.25, 0.3) is 0 Å². The van der Waals surface area contributed by atoms with Gasteiger partial charge in [-0.25, -0.2) is 0 Å². The van der Waals surface area contributed by atoms with E-state index in [1.165, 1.54) is 21.9 Å². The van der Waals surface area contributed by atoms with Crippen molar-refractivity contribution in [2.45, 2.75) is 0 Å². The van der Waals surface area contributed by atoms with Gasteiger partial charge in [-0.3, -0.25) is 0 Å². The fourth-order valence-corrected chi connectivity index (χ4v) is 9.66. The number of hydrogen-bond acceptors (Lipinski definition) is 1. The first-order valence-corrected chi connectivity index (χ1v) is 20.1. The van der Waals surface area contributed by atoms with Crippen molar-refractivity contribution in [1.29, 1.82) is 0 Å². The number of furan rings is 1. The zero-order valence-corrected chi connectivity index (χ0v) is 32.2. The van der Waals surface area contributed by atoms with Gasteiger partial charge in [-0.05, 0) is 117 Å². The topological polar surface area (TPSA) is 23.0 Å². The molecule has 0 N–H and O–H groups in total. The minimum absolute atomic E-state index is 0.886. The molecule has 0 radical (unpaired) electrons. The Kier molecular flexibility index (Phi) is 7.23. The molecule has 3 aromatic heterocycles. The Bertz CT molecular complexity index is 3690. The zero-order valence-electron chi connectivity index (χ0n) is 32.2. The lowest BCUT2D eigenvalue weighted by Crippen LogP contribution is -1.93. The van der Waals surface area contributed by atoms with E-state index >= 15 is 0 Å². The van der Waals surface area contributed by atoms with Crippen LogP contribution in [0.5, 0.6) is 0 Å². The third kappa shape index (κ3) is 4.82. The second kappa shape index (κ2) is 12.8. The second-order valence-corrected chi connectivity index (χ2v) is 15.3. The first-order chi connectivity index (χ1) is 29.2. The summed E-state index contributed by atoms with van der Waals surface area (Å²) in [6.45, 7) is 8.26. The molecule has 12 rings (SSSR count). The van der Waals surface area contributed by atoms with E-state index in [-0.39, 0.29) is 0 Å². The molecule has 0 saturated carbocycles. The molecule has 0 unspecified atom stereocenters. The molecule has 3 heterocycles. The summed E-state index contributed by atoms with van der Waals surface area (Å²) in [5, 5.41) is 9.15. The SMILES string of the molecule is C=Cc1cccc(-c2ccc3c(c2)c2c4oc5c(ccc6c5c5cc(-c7cccc8ccccc78)ccc5n6-c5ccccc5)c4ccc2n3-c2ccccc2)c1C=C. The summed E-state index contributed by atoms with van der Waals surface area (Å²) in [5.74, 6) is 0. The molecule has 0 saturated heterocycles. The molecule has 59 heavy (non-hydrogen) atoms. The van der Waals surface area contributed by atoms with E-state index in [1.54, 1.807) is 0 Å². The van der Waals surface area contributed by atoms with Gasteiger partial charge < -0.3 is 13.6 Å². The maximum atomic E-state index is 7.38. The van der Waals surface area contributed by atoms with Crippen molar-refractivity contribution >= 4 is 88.5 Å². The lowest BCUT2D eigenvalue weighted by atomic mass is 9.94. The number of benzene rings is 9. The quantitative estimate of drug-likeness (QED) is 0.166. The van der Waals surface area contributed by atoms with E-state index in [0.29, 0.717) is 0 Å². The normalized spacial score (nSPS) is 11.9. The summed E-state index contributed by atoms with van der Waals surface area (Å²) in [7, 11) is 0. The molecule has 0 aliphatic rings. The molecule has 0 atom stereocenters. The minimum Gasteiger partial charge on any atom is -0.455 e. The predicted molar refractivity (Wildman–Crippen MR) is 251 cm³/mol. The van der Waals surface area contributed by atoms with Gasteiger partial charge in [-0.2, -0.15) is 0 Å². The van der Waals surface area contributed by atoms with Crippen molar-refractivity contribution in [3.05, 3.63) is 206 Å². The first-order valence-electron chi connectivity index (χ1n) is 20.1. The average Bonchev–Trinajstić information content (AvgIpc) is 3.96. The van der Waals surface area contributed by atoms with Crippen molar-refractivity contribution in [1.82, 2.24) is 9.13 Å². The van der Waals surface area contributed by atoms with Crippen LogP contribution in [0.25, 0.3) is 122 Å². The molecule has 0 amide bonds. The van der Waals surface area contributed by atoms with Crippen LogP contribution in [-0.2, 0) is 0 Å². The van der Waals surface area contributed by atoms with Gasteiger partial charge >= 0.3 is 0 Å². The molecular weight excluding hydrogens is 717 g/mol. The van der Waals surface area contributed by atoms with E-state index in [0.717, 1.165) is 99.2 Å².